The third kappa shape index (κ3) is 3.32. The molecule has 1 fully saturated rings. The average Bonchev–Trinajstić information content (AvgIpc) is 2.40. The van der Waals surface area contributed by atoms with E-state index in [1.165, 1.54) is 6.42 Å². The predicted octanol–water partition coefficient (Wildman–Crippen LogP) is 3.35. The van der Waals surface area contributed by atoms with Crippen molar-refractivity contribution < 1.29 is 5.11 Å². The van der Waals surface area contributed by atoms with Crippen LogP contribution >= 0.6 is 0 Å². The van der Waals surface area contributed by atoms with Crippen LogP contribution in [-0.2, 0) is 12.0 Å². The van der Waals surface area contributed by atoms with Gasteiger partial charge in [-0.3, -0.25) is 0 Å². The number of hydrogen-bond donors (Lipinski definition) is 1. The van der Waals surface area contributed by atoms with E-state index in [0.29, 0.717) is 5.92 Å². The van der Waals surface area contributed by atoms with Crippen molar-refractivity contribution in [2.75, 3.05) is 18.0 Å². The summed E-state index contributed by atoms with van der Waals surface area (Å²) in [4.78, 5) is 7.22. The summed E-state index contributed by atoms with van der Waals surface area (Å²) in [6.45, 7) is 13.4. The van der Waals surface area contributed by atoms with E-state index in [4.69, 9.17) is 4.98 Å². The molecule has 1 aromatic rings. The first-order valence-corrected chi connectivity index (χ1v) is 7.68. The average molecular weight is 276 g/mol. The lowest BCUT2D eigenvalue weighted by Crippen LogP contribution is -2.39. The van der Waals surface area contributed by atoms with Crippen LogP contribution in [0.15, 0.2) is 12.1 Å². The van der Waals surface area contributed by atoms with Crippen LogP contribution in [-0.4, -0.2) is 23.2 Å². The number of pyridine rings is 1. The molecule has 112 valence electrons. The Labute approximate surface area is 123 Å². The molecule has 0 bridgehead atoms. The summed E-state index contributed by atoms with van der Waals surface area (Å²) in [5.41, 5.74) is 2.03. The molecule has 20 heavy (non-hydrogen) atoms. The van der Waals surface area contributed by atoms with Gasteiger partial charge in [0.25, 0.3) is 0 Å². The fraction of sp³-hybridized carbons (Fsp3) is 0.706. The van der Waals surface area contributed by atoms with Crippen LogP contribution in [0.1, 0.15) is 52.3 Å². The van der Waals surface area contributed by atoms with Crippen LogP contribution in [0.5, 0.6) is 0 Å². The van der Waals surface area contributed by atoms with Crippen molar-refractivity contribution in [3.8, 4) is 0 Å². The van der Waals surface area contributed by atoms with Gasteiger partial charge in [-0.15, -0.1) is 0 Å². The molecular formula is C17H28N2O. The Morgan fingerprint density at radius 1 is 1.25 bits per heavy atom. The predicted molar refractivity (Wildman–Crippen MR) is 84.0 cm³/mol. The molecule has 2 unspecified atom stereocenters. The third-order valence-electron chi connectivity index (χ3n) is 4.48. The van der Waals surface area contributed by atoms with Crippen LogP contribution in [0, 0.1) is 11.8 Å². The molecule has 1 aromatic heterocycles. The maximum atomic E-state index is 9.50. The van der Waals surface area contributed by atoms with E-state index in [1.807, 2.05) is 12.1 Å². The van der Waals surface area contributed by atoms with Gasteiger partial charge in [0.2, 0.25) is 0 Å². The normalized spacial score (nSPS) is 24.0. The smallest absolute Gasteiger partial charge is 0.129 e. The topological polar surface area (TPSA) is 36.4 Å². The van der Waals surface area contributed by atoms with Crippen molar-refractivity contribution in [2.24, 2.45) is 11.8 Å². The molecule has 1 saturated heterocycles. The van der Waals surface area contributed by atoms with E-state index in [-0.39, 0.29) is 12.0 Å². The monoisotopic (exact) mass is 276 g/mol. The summed E-state index contributed by atoms with van der Waals surface area (Å²) in [6.07, 6.45) is 1.22. The Morgan fingerprint density at radius 2 is 1.95 bits per heavy atom. The summed E-state index contributed by atoms with van der Waals surface area (Å²) < 4.78 is 0. The standard InChI is InChI=1S/C17H28N2O/c1-12-6-7-19(10-13(12)2)16-9-14(11-20)8-15(18-16)17(3,4)5/h8-9,12-13,20H,6-7,10-11H2,1-5H3. The second-order valence-corrected chi connectivity index (χ2v) is 7.32. The first kappa shape index (κ1) is 15.3. The largest absolute Gasteiger partial charge is 0.392 e. The molecule has 2 rings (SSSR count). The van der Waals surface area contributed by atoms with Crippen molar-refractivity contribution in [3.63, 3.8) is 0 Å². The Bertz CT molecular complexity index is 465. The SMILES string of the molecule is CC1CCN(c2cc(CO)cc(C(C)(C)C)n2)CC1C. The summed E-state index contributed by atoms with van der Waals surface area (Å²) in [5, 5.41) is 9.50. The minimum Gasteiger partial charge on any atom is -0.392 e. The number of anilines is 1. The zero-order chi connectivity index (χ0) is 14.9. The highest BCUT2D eigenvalue weighted by molar-refractivity contribution is 5.44. The van der Waals surface area contributed by atoms with Crippen LogP contribution in [0.4, 0.5) is 5.82 Å². The van der Waals surface area contributed by atoms with Crippen LogP contribution in [0.2, 0.25) is 0 Å². The number of hydrogen-bond acceptors (Lipinski definition) is 3. The van der Waals surface area contributed by atoms with Gasteiger partial charge in [0.15, 0.2) is 0 Å². The van der Waals surface area contributed by atoms with E-state index >= 15 is 0 Å². The minimum atomic E-state index is 0.00856. The Balaban J connectivity index is 2.31. The summed E-state index contributed by atoms with van der Waals surface area (Å²) in [5.74, 6) is 2.51. The highest BCUT2D eigenvalue weighted by Crippen LogP contribution is 2.29. The second kappa shape index (κ2) is 5.72. The van der Waals surface area contributed by atoms with Gasteiger partial charge in [0, 0.05) is 24.2 Å². The maximum absolute atomic E-state index is 9.50. The summed E-state index contributed by atoms with van der Waals surface area (Å²) in [7, 11) is 0. The Hall–Kier alpha value is -1.09. The Kier molecular flexibility index (Phi) is 4.38. The van der Waals surface area contributed by atoms with E-state index < -0.39 is 0 Å². The van der Waals surface area contributed by atoms with Crippen LogP contribution in [0.3, 0.4) is 0 Å². The zero-order valence-electron chi connectivity index (χ0n) is 13.5. The van der Waals surface area contributed by atoms with Crippen LogP contribution in [0.25, 0.3) is 0 Å². The molecule has 2 heterocycles. The number of aromatic nitrogens is 1. The molecule has 1 aliphatic heterocycles. The van der Waals surface area contributed by atoms with E-state index in [2.05, 4.69) is 39.5 Å². The lowest BCUT2D eigenvalue weighted by molar-refractivity contribution is 0.281. The Morgan fingerprint density at radius 3 is 2.50 bits per heavy atom. The summed E-state index contributed by atoms with van der Waals surface area (Å²) in [6, 6.07) is 4.07. The molecule has 0 amide bonds. The third-order valence-corrected chi connectivity index (χ3v) is 4.48. The molecule has 1 N–H and O–H groups in total. The number of aliphatic hydroxyl groups is 1. The quantitative estimate of drug-likeness (QED) is 0.900. The first-order valence-electron chi connectivity index (χ1n) is 7.68. The van der Waals surface area contributed by atoms with Crippen molar-refractivity contribution in [3.05, 3.63) is 23.4 Å². The van der Waals surface area contributed by atoms with E-state index in [0.717, 1.165) is 36.1 Å². The lowest BCUT2D eigenvalue weighted by Gasteiger charge is -2.36. The van der Waals surface area contributed by atoms with Crippen molar-refractivity contribution >= 4 is 5.82 Å². The van der Waals surface area contributed by atoms with Gasteiger partial charge in [-0.1, -0.05) is 34.6 Å². The van der Waals surface area contributed by atoms with Crippen molar-refractivity contribution in [1.29, 1.82) is 0 Å². The number of rotatable bonds is 2. The molecule has 3 nitrogen and oxygen atoms in total. The molecule has 3 heteroatoms. The number of nitrogens with zero attached hydrogens (tertiary/aromatic N) is 2. The van der Waals surface area contributed by atoms with E-state index in [1.54, 1.807) is 0 Å². The fourth-order valence-electron chi connectivity index (χ4n) is 2.68. The molecule has 0 spiro atoms. The molecule has 0 aromatic carbocycles. The lowest BCUT2D eigenvalue weighted by atomic mass is 9.88. The highest BCUT2D eigenvalue weighted by Gasteiger charge is 2.25. The van der Waals surface area contributed by atoms with Crippen molar-refractivity contribution in [2.45, 2.75) is 53.1 Å². The van der Waals surface area contributed by atoms with Gasteiger partial charge in [-0.25, -0.2) is 4.98 Å². The fourth-order valence-corrected chi connectivity index (χ4v) is 2.68. The van der Waals surface area contributed by atoms with Gasteiger partial charge in [0.1, 0.15) is 5.82 Å². The number of piperidine rings is 1. The van der Waals surface area contributed by atoms with Gasteiger partial charge in [-0.05, 0) is 36.0 Å². The minimum absolute atomic E-state index is 0.00856. The van der Waals surface area contributed by atoms with Gasteiger partial charge in [-0.2, -0.15) is 0 Å². The van der Waals surface area contributed by atoms with Gasteiger partial charge >= 0.3 is 0 Å². The van der Waals surface area contributed by atoms with Gasteiger partial charge in [0.05, 0.1) is 6.61 Å². The second-order valence-electron chi connectivity index (χ2n) is 7.32. The maximum Gasteiger partial charge on any atom is 0.129 e. The van der Waals surface area contributed by atoms with Crippen molar-refractivity contribution in [1.82, 2.24) is 4.98 Å². The molecule has 0 radical (unpaired) electrons. The molecule has 0 aliphatic carbocycles. The zero-order valence-corrected chi connectivity index (χ0v) is 13.5. The highest BCUT2D eigenvalue weighted by atomic mass is 16.3. The first-order chi connectivity index (χ1) is 9.31. The van der Waals surface area contributed by atoms with E-state index in [9.17, 15) is 5.11 Å². The summed E-state index contributed by atoms with van der Waals surface area (Å²) >= 11 is 0. The van der Waals surface area contributed by atoms with Gasteiger partial charge < -0.3 is 10.0 Å². The molecule has 2 atom stereocenters. The molecule has 1 aliphatic rings. The molecular weight excluding hydrogens is 248 g/mol. The molecule has 0 saturated carbocycles. The van der Waals surface area contributed by atoms with Crippen LogP contribution < -0.4 is 4.90 Å². The number of aliphatic hydroxyl groups excluding tert-OH is 1.